The zero-order valence-corrected chi connectivity index (χ0v) is 11.0. The van der Waals surface area contributed by atoms with E-state index >= 15 is 0 Å². The van der Waals surface area contributed by atoms with Crippen LogP contribution in [0, 0.1) is 5.92 Å². The summed E-state index contributed by atoms with van der Waals surface area (Å²) in [5.41, 5.74) is 11.6. The molecule has 1 unspecified atom stereocenters. The summed E-state index contributed by atoms with van der Waals surface area (Å²) in [4.78, 5) is 15.8. The van der Waals surface area contributed by atoms with Gasteiger partial charge in [0.1, 0.15) is 17.7 Å². The number of carbonyl (C=O) groups is 1. The first-order valence-electron chi connectivity index (χ1n) is 5.96. The summed E-state index contributed by atoms with van der Waals surface area (Å²) in [5.74, 6) is 1.15. The van der Waals surface area contributed by atoms with E-state index in [2.05, 4.69) is 15.6 Å². The predicted molar refractivity (Wildman–Crippen MR) is 74.0 cm³/mol. The average Bonchev–Trinajstić information content (AvgIpc) is 2.30. The maximum atomic E-state index is 11.7. The second-order valence-electron chi connectivity index (χ2n) is 4.68. The first kappa shape index (κ1) is 14.1. The molecule has 1 aromatic heterocycles. The predicted octanol–water partition coefficient (Wildman–Crippen LogP) is 0.819. The monoisotopic (exact) mass is 251 g/mol. The molecule has 0 saturated heterocycles. The lowest BCUT2D eigenvalue weighted by Gasteiger charge is -2.16. The van der Waals surface area contributed by atoms with Crippen molar-refractivity contribution in [1.82, 2.24) is 10.3 Å². The van der Waals surface area contributed by atoms with Gasteiger partial charge in [-0.2, -0.15) is 0 Å². The SMILES string of the molecule is CC(C)CNC(=O)C(C)Nc1ccc(N)c(N)n1. The molecule has 18 heavy (non-hydrogen) atoms. The third-order valence-corrected chi connectivity index (χ3v) is 2.40. The highest BCUT2D eigenvalue weighted by atomic mass is 16.2. The number of hydrogen-bond acceptors (Lipinski definition) is 5. The number of carbonyl (C=O) groups excluding carboxylic acids is 1. The fourth-order valence-corrected chi connectivity index (χ4v) is 1.31. The number of rotatable bonds is 5. The van der Waals surface area contributed by atoms with Crippen molar-refractivity contribution in [2.75, 3.05) is 23.3 Å². The molecule has 100 valence electrons. The van der Waals surface area contributed by atoms with E-state index < -0.39 is 0 Å². The van der Waals surface area contributed by atoms with Crippen molar-refractivity contribution < 1.29 is 4.79 Å². The zero-order valence-electron chi connectivity index (χ0n) is 11.0. The minimum Gasteiger partial charge on any atom is -0.396 e. The summed E-state index contributed by atoms with van der Waals surface area (Å²) in [6, 6.07) is 2.97. The van der Waals surface area contributed by atoms with E-state index in [9.17, 15) is 4.79 Å². The highest BCUT2D eigenvalue weighted by molar-refractivity contribution is 5.84. The molecular weight excluding hydrogens is 230 g/mol. The maximum absolute atomic E-state index is 11.7. The number of pyridine rings is 1. The van der Waals surface area contributed by atoms with E-state index in [1.165, 1.54) is 0 Å². The Hall–Kier alpha value is -1.98. The average molecular weight is 251 g/mol. The standard InChI is InChI=1S/C12H21N5O/c1-7(2)6-15-12(18)8(3)16-10-5-4-9(13)11(14)17-10/h4-5,7-8H,6,13H2,1-3H3,(H,15,18)(H3,14,16,17). The highest BCUT2D eigenvalue weighted by Gasteiger charge is 2.13. The van der Waals surface area contributed by atoms with Gasteiger partial charge in [0.2, 0.25) is 5.91 Å². The van der Waals surface area contributed by atoms with E-state index in [4.69, 9.17) is 11.5 Å². The summed E-state index contributed by atoms with van der Waals surface area (Å²) in [7, 11) is 0. The molecule has 0 aliphatic rings. The Balaban J connectivity index is 2.55. The number of nitrogens with one attached hydrogen (secondary N) is 2. The first-order chi connectivity index (χ1) is 8.40. The van der Waals surface area contributed by atoms with Crippen LogP contribution in [0.3, 0.4) is 0 Å². The molecule has 0 spiro atoms. The summed E-state index contributed by atoms with van der Waals surface area (Å²) < 4.78 is 0. The van der Waals surface area contributed by atoms with Gasteiger partial charge in [-0.05, 0) is 25.0 Å². The van der Waals surface area contributed by atoms with E-state index in [0.717, 1.165) is 0 Å². The lowest BCUT2D eigenvalue weighted by molar-refractivity contribution is -0.121. The molecule has 6 N–H and O–H groups in total. The van der Waals surface area contributed by atoms with Gasteiger partial charge >= 0.3 is 0 Å². The second-order valence-corrected chi connectivity index (χ2v) is 4.68. The van der Waals surface area contributed by atoms with Crippen LogP contribution in [-0.2, 0) is 4.79 Å². The normalized spacial score (nSPS) is 12.2. The molecule has 1 amide bonds. The number of amides is 1. The van der Waals surface area contributed by atoms with Crippen LogP contribution in [0.25, 0.3) is 0 Å². The molecule has 0 bridgehead atoms. The Bertz CT molecular complexity index is 419. The summed E-state index contributed by atoms with van der Waals surface area (Å²) in [6.07, 6.45) is 0. The van der Waals surface area contributed by atoms with Crippen LogP contribution in [-0.4, -0.2) is 23.5 Å². The molecule has 1 atom stereocenters. The second kappa shape index (κ2) is 6.09. The van der Waals surface area contributed by atoms with Gasteiger partial charge in [0.05, 0.1) is 5.69 Å². The summed E-state index contributed by atoms with van der Waals surface area (Å²) >= 11 is 0. The molecule has 1 rings (SSSR count). The number of nitrogen functional groups attached to an aromatic ring is 2. The Labute approximate surface area is 107 Å². The van der Waals surface area contributed by atoms with E-state index in [-0.39, 0.29) is 17.8 Å². The Morgan fingerprint density at radius 1 is 1.33 bits per heavy atom. The van der Waals surface area contributed by atoms with Gasteiger partial charge in [0, 0.05) is 6.54 Å². The topological polar surface area (TPSA) is 106 Å². The Morgan fingerprint density at radius 3 is 2.56 bits per heavy atom. The molecule has 1 aromatic rings. The van der Waals surface area contributed by atoms with Crippen molar-refractivity contribution in [2.24, 2.45) is 5.92 Å². The van der Waals surface area contributed by atoms with Gasteiger partial charge in [-0.15, -0.1) is 0 Å². The van der Waals surface area contributed by atoms with Gasteiger partial charge in [-0.3, -0.25) is 4.79 Å². The lowest BCUT2D eigenvalue weighted by Crippen LogP contribution is -2.39. The van der Waals surface area contributed by atoms with Crippen LogP contribution in [0.4, 0.5) is 17.3 Å². The molecule has 6 nitrogen and oxygen atoms in total. The van der Waals surface area contributed by atoms with Gasteiger partial charge < -0.3 is 22.1 Å². The summed E-state index contributed by atoms with van der Waals surface area (Å²) in [5, 5.41) is 5.82. The van der Waals surface area contributed by atoms with Crippen LogP contribution in [0.15, 0.2) is 12.1 Å². The largest absolute Gasteiger partial charge is 0.396 e. The third-order valence-electron chi connectivity index (χ3n) is 2.40. The first-order valence-corrected chi connectivity index (χ1v) is 5.96. The van der Waals surface area contributed by atoms with Gasteiger partial charge in [-0.1, -0.05) is 13.8 Å². The molecule has 0 radical (unpaired) electrons. The van der Waals surface area contributed by atoms with Gasteiger partial charge in [-0.25, -0.2) is 4.98 Å². The minimum atomic E-state index is -0.376. The number of anilines is 3. The number of hydrogen-bond donors (Lipinski definition) is 4. The van der Waals surface area contributed by atoms with Crippen LogP contribution < -0.4 is 22.1 Å². The fraction of sp³-hybridized carbons (Fsp3) is 0.500. The van der Waals surface area contributed by atoms with Crippen molar-refractivity contribution >= 4 is 23.2 Å². The molecule has 1 heterocycles. The zero-order chi connectivity index (χ0) is 13.7. The fourth-order valence-electron chi connectivity index (χ4n) is 1.31. The lowest BCUT2D eigenvalue weighted by atomic mass is 10.2. The number of aromatic nitrogens is 1. The van der Waals surface area contributed by atoms with Crippen molar-refractivity contribution in [3.05, 3.63) is 12.1 Å². The molecule has 0 aliphatic carbocycles. The van der Waals surface area contributed by atoms with Crippen LogP contribution in [0.2, 0.25) is 0 Å². The Morgan fingerprint density at radius 2 is 2.00 bits per heavy atom. The molecule has 6 heteroatoms. The van der Waals surface area contributed by atoms with E-state index in [1.807, 2.05) is 13.8 Å². The highest BCUT2D eigenvalue weighted by Crippen LogP contribution is 2.15. The van der Waals surface area contributed by atoms with E-state index in [0.29, 0.717) is 24.0 Å². The molecule has 0 aromatic carbocycles. The minimum absolute atomic E-state index is 0.0686. The quantitative estimate of drug-likeness (QED) is 0.620. The van der Waals surface area contributed by atoms with Crippen LogP contribution in [0.5, 0.6) is 0 Å². The number of nitrogens with zero attached hydrogens (tertiary/aromatic N) is 1. The maximum Gasteiger partial charge on any atom is 0.242 e. The van der Waals surface area contributed by atoms with Crippen LogP contribution in [0.1, 0.15) is 20.8 Å². The smallest absolute Gasteiger partial charge is 0.242 e. The van der Waals surface area contributed by atoms with Gasteiger partial charge in [0.15, 0.2) is 0 Å². The van der Waals surface area contributed by atoms with Crippen molar-refractivity contribution in [3.8, 4) is 0 Å². The van der Waals surface area contributed by atoms with Gasteiger partial charge in [0.25, 0.3) is 0 Å². The van der Waals surface area contributed by atoms with Crippen molar-refractivity contribution in [2.45, 2.75) is 26.8 Å². The van der Waals surface area contributed by atoms with Crippen molar-refractivity contribution in [3.63, 3.8) is 0 Å². The Kier molecular flexibility index (Phi) is 4.76. The number of nitrogens with two attached hydrogens (primary N) is 2. The molecule has 0 fully saturated rings. The van der Waals surface area contributed by atoms with E-state index in [1.54, 1.807) is 19.1 Å². The molecule has 0 saturated carbocycles. The van der Waals surface area contributed by atoms with Crippen molar-refractivity contribution in [1.29, 1.82) is 0 Å². The molecule has 0 aliphatic heterocycles. The van der Waals surface area contributed by atoms with Crippen LogP contribution >= 0.6 is 0 Å². The molecular formula is C12H21N5O. The third kappa shape index (κ3) is 4.12. The summed E-state index contributed by atoms with van der Waals surface area (Å²) in [6.45, 7) is 6.51.